The Bertz CT molecular complexity index is 1750. The van der Waals surface area contributed by atoms with Crippen molar-refractivity contribution in [2.75, 3.05) is 36.1 Å². The first-order chi connectivity index (χ1) is 24.2. The van der Waals surface area contributed by atoms with Crippen molar-refractivity contribution in [1.82, 2.24) is 4.90 Å². The van der Waals surface area contributed by atoms with Crippen LogP contribution in [0.3, 0.4) is 0 Å². The van der Waals surface area contributed by atoms with Crippen LogP contribution in [-0.2, 0) is 19.1 Å². The highest BCUT2D eigenvalue weighted by Crippen LogP contribution is 2.65. The van der Waals surface area contributed by atoms with E-state index in [0.29, 0.717) is 53.6 Å². The van der Waals surface area contributed by atoms with Crippen molar-refractivity contribution in [3.63, 3.8) is 0 Å². The number of aliphatic hydroxyl groups is 1. The highest BCUT2D eigenvalue weighted by molar-refractivity contribution is 6.34. The van der Waals surface area contributed by atoms with E-state index in [9.17, 15) is 5.11 Å². The van der Waals surface area contributed by atoms with Crippen LogP contribution in [0.2, 0.25) is 5.02 Å². The normalized spacial score (nSPS) is 25.6. The molecule has 2 bridgehead atoms. The monoisotopic (exact) mass is 697 g/mol. The van der Waals surface area contributed by atoms with Crippen LogP contribution in [0.1, 0.15) is 44.7 Å². The summed E-state index contributed by atoms with van der Waals surface area (Å²) >= 11 is 6.66. The van der Waals surface area contributed by atoms with Gasteiger partial charge in [-0.05, 0) is 68.1 Å². The maximum absolute atomic E-state index is 15.2. The van der Waals surface area contributed by atoms with E-state index in [4.69, 9.17) is 21.1 Å². The van der Waals surface area contributed by atoms with Crippen molar-refractivity contribution in [2.45, 2.75) is 56.4 Å². The number of anilines is 2. The lowest BCUT2D eigenvalue weighted by Gasteiger charge is -2.40. The first-order valence-electron chi connectivity index (χ1n) is 17.2. The molecule has 3 amide bonds. The molecule has 9 nitrogen and oxygen atoms in total. The highest BCUT2D eigenvalue weighted by atomic mass is 35.5. The van der Waals surface area contributed by atoms with Crippen molar-refractivity contribution < 1.29 is 29.0 Å². The van der Waals surface area contributed by atoms with Crippen molar-refractivity contribution >= 4 is 40.7 Å². The van der Waals surface area contributed by atoms with Crippen LogP contribution >= 0.6 is 11.6 Å². The molecule has 10 heteroatoms. The number of halogens is 1. The summed E-state index contributed by atoms with van der Waals surface area (Å²) in [4.78, 5) is 50.0. The molecule has 6 atom stereocenters. The molecule has 3 fully saturated rings. The van der Waals surface area contributed by atoms with Crippen LogP contribution in [0.15, 0.2) is 104 Å². The third kappa shape index (κ3) is 5.71. The first kappa shape index (κ1) is 35.4. The number of benzene rings is 3. The molecular formula is C40H44ClN3O6. The third-order valence-corrected chi connectivity index (χ3v) is 10.9. The lowest BCUT2D eigenvalue weighted by Crippen LogP contribution is -2.57. The Morgan fingerprint density at radius 2 is 1.64 bits per heavy atom. The topological polar surface area (TPSA) is 99.6 Å². The van der Waals surface area contributed by atoms with Gasteiger partial charge in [0.15, 0.2) is 0 Å². The van der Waals surface area contributed by atoms with E-state index in [1.807, 2.05) is 68.4 Å². The number of para-hydroxylation sites is 1. The van der Waals surface area contributed by atoms with Gasteiger partial charge in [0, 0.05) is 18.8 Å². The Morgan fingerprint density at radius 3 is 2.26 bits per heavy atom. The largest absolute Gasteiger partial charge is 0.494 e. The second-order valence-corrected chi connectivity index (χ2v) is 13.4. The van der Waals surface area contributed by atoms with Gasteiger partial charge in [-0.15, -0.1) is 13.2 Å². The molecular weight excluding hydrogens is 654 g/mol. The van der Waals surface area contributed by atoms with Gasteiger partial charge in [0.1, 0.15) is 17.4 Å². The quantitative estimate of drug-likeness (QED) is 0.197. The molecule has 3 aliphatic heterocycles. The van der Waals surface area contributed by atoms with Crippen LogP contribution in [0.5, 0.6) is 5.75 Å². The molecule has 3 aromatic rings. The van der Waals surface area contributed by atoms with Crippen LogP contribution in [-0.4, -0.2) is 71.3 Å². The van der Waals surface area contributed by atoms with Crippen molar-refractivity contribution in [2.24, 2.45) is 11.8 Å². The van der Waals surface area contributed by atoms with Gasteiger partial charge in [0.2, 0.25) is 11.8 Å². The predicted molar refractivity (Wildman–Crippen MR) is 194 cm³/mol. The molecule has 50 heavy (non-hydrogen) atoms. The second-order valence-electron chi connectivity index (χ2n) is 13.0. The highest BCUT2D eigenvalue weighted by Gasteiger charge is 2.79. The summed E-state index contributed by atoms with van der Waals surface area (Å²) in [5.74, 6) is -2.31. The molecule has 262 valence electrons. The maximum Gasteiger partial charge on any atom is 0.253 e. The molecule has 0 aliphatic carbocycles. The number of carbonyl (C=O) groups excluding carboxylic acids is 3. The Hall–Kier alpha value is -4.44. The molecule has 3 saturated heterocycles. The Balaban J connectivity index is 1.50. The summed E-state index contributed by atoms with van der Waals surface area (Å²) in [5, 5.41) is 11.3. The number of hydrogen-bond acceptors (Lipinski definition) is 6. The van der Waals surface area contributed by atoms with Gasteiger partial charge in [-0.25, -0.2) is 0 Å². The number of aliphatic hydroxyl groups excluding tert-OH is 1. The van der Waals surface area contributed by atoms with Gasteiger partial charge in [-0.1, -0.05) is 73.1 Å². The van der Waals surface area contributed by atoms with Gasteiger partial charge in [-0.3, -0.25) is 14.4 Å². The lowest BCUT2D eigenvalue weighted by atomic mass is 9.64. The number of amides is 3. The molecule has 0 aromatic heterocycles. The molecule has 3 heterocycles. The van der Waals surface area contributed by atoms with Gasteiger partial charge >= 0.3 is 0 Å². The fraction of sp³-hybridized carbons (Fsp3) is 0.375. The number of nitrogens with zero attached hydrogens (tertiary/aromatic N) is 3. The molecule has 0 saturated carbocycles. The summed E-state index contributed by atoms with van der Waals surface area (Å²) in [6, 6.07) is 21.4. The summed E-state index contributed by atoms with van der Waals surface area (Å²) in [7, 11) is 0. The van der Waals surface area contributed by atoms with Crippen LogP contribution in [0.4, 0.5) is 11.4 Å². The molecule has 1 spiro atoms. The smallest absolute Gasteiger partial charge is 0.253 e. The number of likely N-dealkylation sites (tertiary alicyclic amines) is 1. The number of ether oxygens (including phenoxy) is 2. The zero-order valence-electron chi connectivity index (χ0n) is 28.5. The minimum absolute atomic E-state index is 0.114. The van der Waals surface area contributed by atoms with Crippen molar-refractivity contribution in [1.29, 1.82) is 0 Å². The predicted octanol–water partition coefficient (Wildman–Crippen LogP) is 6.37. The van der Waals surface area contributed by atoms with Crippen LogP contribution in [0.25, 0.3) is 0 Å². The molecule has 3 aliphatic rings. The fourth-order valence-electron chi connectivity index (χ4n) is 8.44. The Labute approximate surface area is 298 Å². The fourth-order valence-corrected chi connectivity index (χ4v) is 8.68. The third-order valence-electron chi connectivity index (χ3n) is 10.6. The first-order valence-corrected chi connectivity index (χ1v) is 17.6. The molecule has 6 rings (SSSR count). The number of carbonyl (C=O) groups is 3. The summed E-state index contributed by atoms with van der Waals surface area (Å²) < 4.78 is 12.7. The minimum atomic E-state index is -1.34. The maximum atomic E-state index is 15.2. The summed E-state index contributed by atoms with van der Waals surface area (Å²) in [6.45, 7) is 12.1. The van der Waals surface area contributed by atoms with Crippen molar-refractivity contribution in [3.05, 3.63) is 115 Å². The van der Waals surface area contributed by atoms with E-state index >= 15 is 14.4 Å². The molecule has 0 radical (unpaired) electrons. The summed E-state index contributed by atoms with van der Waals surface area (Å²) in [5.41, 5.74) is -0.571. The van der Waals surface area contributed by atoms with Crippen molar-refractivity contribution in [3.8, 4) is 5.75 Å². The molecule has 2 unspecified atom stereocenters. The van der Waals surface area contributed by atoms with E-state index in [-0.39, 0.29) is 19.0 Å². The average Bonchev–Trinajstić information content (AvgIpc) is 3.74. The summed E-state index contributed by atoms with van der Waals surface area (Å²) in [6.07, 6.45) is 4.59. The van der Waals surface area contributed by atoms with E-state index in [1.165, 1.54) is 9.80 Å². The van der Waals surface area contributed by atoms with Crippen LogP contribution in [0, 0.1) is 11.8 Å². The SMILES string of the molecule is C=CCN(C(=O)[C@@H]1[C@H]2C(=O)N([C@H](CO)c3ccccc3)C(C(=O)N(CC=C)c3ccccc3Cl)C23CC[C@@]1(CC)O3)c1ccc(OCC)cc1. The lowest BCUT2D eigenvalue weighted by molar-refractivity contribution is -0.149. The van der Waals surface area contributed by atoms with Crippen LogP contribution < -0.4 is 14.5 Å². The van der Waals surface area contributed by atoms with E-state index < -0.39 is 53.5 Å². The van der Waals surface area contributed by atoms with Gasteiger partial charge in [0.25, 0.3) is 5.91 Å². The van der Waals surface area contributed by atoms with E-state index in [1.54, 1.807) is 41.3 Å². The van der Waals surface area contributed by atoms with Gasteiger partial charge in [-0.2, -0.15) is 0 Å². The van der Waals surface area contributed by atoms with E-state index in [0.717, 1.165) is 0 Å². The Morgan fingerprint density at radius 1 is 0.980 bits per heavy atom. The second kappa shape index (κ2) is 14.4. The van der Waals surface area contributed by atoms with Gasteiger partial charge < -0.3 is 29.3 Å². The number of rotatable bonds is 14. The Kier molecular flexibility index (Phi) is 10.2. The van der Waals surface area contributed by atoms with Gasteiger partial charge in [0.05, 0.1) is 47.4 Å². The molecule has 1 N–H and O–H groups in total. The average molecular weight is 698 g/mol. The zero-order valence-corrected chi connectivity index (χ0v) is 29.3. The number of fused-ring (bicyclic) bond motifs is 1. The minimum Gasteiger partial charge on any atom is -0.494 e. The zero-order chi connectivity index (χ0) is 35.6. The standard InChI is InChI=1S/C40H44ClN3O6/c1-5-24-42(28-18-20-29(21-19-28)49-8-4)36(46)33-34-37(47)44(32(26-45)27-14-10-9-11-15-27)35(40(34)23-22-39(33,7-3)50-40)38(48)43(25-6-2)31-17-13-12-16-30(31)41/h5-6,9-21,32-35,45H,1-2,7-8,22-26H2,3-4H3/t32-,33+,34+,35?,39-,40?/m1/s1. The van der Waals surface area contributed by atoms with E-state index in [2.05, 4.69) is 13.2 Å². The molecule has 3 aromatic carbocycles. The number of hydrogen-bond donors (Lipinski definition) is 1.